The van der Waals surface area contributed by atoms with E-state index in [-0.39, 0.29) is 5.92 Å². The third-order valence-corrected chi connectivity index (χ3v) is 5.76. The van der Waals surface area contributed by atoms with Crippen LogP contribution in [0.4, 0.5) is 0 Å². The molecule has 3 nitrogen and oxygen atoms in total. The van der Waals surface area contributed by atoms with E-state index in [1.54, 1.807) is 0 Å². The Morgan fingerprint density at radius 2 is 1.88 bits per heavy atom. The standard InChI is InChI=1S/C22H32N2O/c1-23-15-12-20(13-16-23)18-24(17-14-19-8-4-2-5-9-19)22(25)21-10-6-3-7-11-21/h2-6,8-9,20-21H,7,10-18H2,1H3/t21-/m0/s1. The Kier molecular flexibility index (Phi) is 6.69. The zero-order chi connectivity index (χ0) is 17.5. The molecule has 1 amide bonds. The van der Waals surface area contributed by atoms with E-state index >= 15 is 0 Å². The van der Waals surface area contributed by atoms with Gasteiger partial charge in [-0.25, -0.2) is 0 Å². The molecule has 1 aliphatic heterocycles. The molecule has 0 radical (unpaired) electrons. The molecule has 1 aromatic rings. The fourth-order valence-corrected chi connectivity index (χ4v) is 4.03. The van der Waals surface area contributed by atoms with Crippen LogP contribution in [0.25, 0.3) is 0 Å². The zero-order valence-corrected chi connectivity index (χ0v) is 15.6. The van der Waals surface area contributed by atoms with Gasteiger partial charge in [-0.1, -0.05) is 42.5 Å². The molecule has 1 fully saturated rings. The molecule has 1 saturated heterocycles. The van der Waals surface area contributed by atoms with Crippen molar-refractivity contribution >= 4 is 5.91 Å². The summed E-state index contributed by atoms with van der Waals surface area (Å²) in [5.41, 5.74) is 1.33. The molecule has 3 heteroatoms. The molecule has 136 valence electrons. The van der Waals surface area contributed by atoms with Crippen molar-refractivity contribution in [2.45, 2.75) is 38.5 Å². The van der Waals surface area contributed by atoms with E-state index in [0.29, 0.717) is 11.8 Å². The number of carbonyl (C=O) groups is 1. The summed E-state index contributed by atoms with van der Waals surface area (Å²) < 4.78 is 0. The van der Waals surface area contributed by atoms with Crippen molar-refractivity contribution < 1.29 is 4.79 Å². The van der Waals surface area contributed by atoms with Crippen LogP contribution in [0.1, 0.15) is 37.7 Å². The highest BCUT2D eigenvalue weighted by Crippen LogP contribution is 2.23. The lowest BCUT2D eigenvalue weighted by Gasteiger charge is -2.35. The van der Waals surface area contributed by atoms with Crippen molar-refractivity contribution in [2.75, 3.05) is 33.2 Å². The van der Waals surface area contributed by atoms with Crippen molar-refractivity contribution in [3.63, 3.8) is 0 Å². The van der Waals surface area contributed by atoms with Gasteiger partial charge < -0.3 is 9.80 Å². The predicted molar refractivity (Wildman–Crippen MR) is 103 cm³/mol. The van der Waals surface area contributed by atoms with E-state index in [1.807, 2.05) is 0 Å². The Morgan fingerprint density at radius 1 is 1.12 bits per heavy atom. The minimum Gasteiger partial charge on any atom is -0.342 e. The lowest BCUT2D eigenvalue weighted by atomic mass is 9.91. The Balaban J connectivity index is 1.62. The number of amides is 1. The van der Waals surface area contributed by atoms with Crippen LogP contribution in [0.2, 0.25) is 0 Å². The predicted octanol–water partition coefficient (Wildman–Crippen LogP) is 3.76. The lowest BCUT2D eigenvalue weighted by Crippen LogP contribution is -2.43. The minimum absolute atomic E-state index is 0.201. The van der Waals surface area contributed by atoms with Crippen molar-refractivity contribution in [3.8, 4) is 0 Å². The highest BCUT2D eigenvalue weighted by molar-refractivity contribution is 5.79. The van der Waals surface area contributed by atoms with Crippen LogP contribution < -0.4 is 0 Å². The largest absolute Gasteiger partial charge is 0.342 e. The summed E-state index contributed by atoms with van der Waals surface area (Å²) in [7, 11) is 2.20. The summed E-state index contributed by atoms with van der Waals surface area (Å²) in [6, 6.07) is 10.6. The molecule has 0 bridgehead atoms. The van der Waals surface area contributed by atoms with Gasteiger partial charge in [-0.05, 0) is 70.1 Å². The van der Waals surface area contributed by atoms with Crippen LogP contribution >= 0.6 is 0 Å². The van der Waals surface area contributed by atoms with Crippen molar-refractivity contribution in [1.82, 2.24) is 9.80 Å². The van der Waals surface area contributed by atoms with E-state index in [1.165, 1.54) is 18.4 Å². The zero-order valence-electron chi connectivity index (χ0n) is 15.6. The maximum Gasteiger partial charge on any atom is 0.226 e. The van der Waals surface area contributed by atoms with Gasteiger partial charge in [0.25, 0.3) is 0 Å². The molecule has 1 aromatic carbocycles. The molecule has 3 rings (SSSR count). The Bertz CT molecular complexity index is 561. The van der Waals surface area contributed by atoms with Gasteiger partial charge in [-0.15, -0.1) is 0 Å². The average molecular weight is 341 g/mol. The molecular formula is C22H32N2O. The SMILES string of the molecule is CN1CCC(CN(CCc2ccccc2)C(=O)[C@H]2CC=CCC2)CC1. The molecular weight excluding hydrogens is 308 g/mol. The number of hydrogen-bond acceptors (Lipinski definition) is 2. The van der Waals surface area contributed by atoms with E-state index in [2.05, 4.69) is 59.3 Å². The summed E-state index contributed by atoms with van der Waals surface area (Å²) in [5.74, 6) is 1.25. The topological polar surface area (TPSA) is 23.6 Å². The van der Waals surface area contributed by atoms with Gasteiger partial charge in [-0.3, -0.25) is 4.79 Å². The summed E-state index contributed by atoms with van der Waals surface area (Å²) in [6.45, 7) is 4.13. The lowest BCUT2D eigenvalue weighted by molar-refractivity contribution is -0.136. The van der Waals surface area contributed by atoms with Crippen LogP contribution in [0.15, 0.2) is 42.5 Å². The normalized spacial score (nSPS) is 22.0. The molecule has 1 aliphatic carbocycles. The maximum absolute atomic E-state index is 13.1. The van der Waals surface area contributed by atoms with E-state index in [0.717, 1.165) is 51.9 Å². The molecule has 1 heterocycles. The first-order valence-corrected chi connectivity index (χ1v) is 9.88. The Morgan fingerprint density at radius 3 is 2.56 bits per heavy atom. The second-order valence-electron chi connectivity index (χ2n) is 7.75. The number of allylic oxidation sites excluding steroid dienone is 2. The molecule has 0 aromatic heterocycles. The Labute approximate surface area is 152 Å². The van der Waals surface area contributed by atoms with Crippen LogP contribution in [0, 0.1) is 11.8 Å². The highest BCUT2D eigenvalue weighted by atomic mass is 16.2. The average Bonchev–Trinajstić information content (AvgIpc) is 2.67. The van der Waals surface area contributed by atoms with Gasteiger partial charge >= 0.3 is 0 Å². The van der Waals surface area contributed by atoms with Crippen LogP contribution in [0.3, 0.4) is 0 Å². The van der Waals surface area contributed by atoms with Crippen LogP contribution in [-0.4, -0.2) is 48.9 Å². The molecule has 2 aliphatic rings. The monoisotopic (exact) mass is 340 g/mol. The number of piperidine rings is 1. The minimum atomic E-state index is 0.201. The summed E-state index contributed by atoms with van der Waals surface area (Å²) >= 11 is 0. The van der Waals surface area contributed by atoms with Gasteiger partial charge in [-0.2, -0.15) is 0 Å². The van der Waals surface area contributed by atoms with Gasteiger partial charge in [0, 0.05) is 19.0 Å². The van der Waals surface area contributed by atoms with Crippen molar-refractivity contribution in [2.24, 2.45) is 11.8 Å². The second-order valence-corrected chi connectivity index (χ2v) is 7.75. The van der Waals surface area contributed by atoms with Crippen molar-refractivity contribution in [3.05, 3.63) is 48.0 Å². The van der Waals surface area contributed by atoms with Gasteiger partial charge in [0.1, 0.15) is 0 Å². The fourth-order valence-electron chi connectivity index (χ4n) is 4.03. The molecule has 0 spiro atoms. The number of carbonyl (C=O) groups excluding carboxylic acids is 1. The first kappa shape index (κ1) is 18.2. The molecule has 0 unspecified atom stereocenters. The third kappa shape index (κ3) is 5.43. The van der Waals surface area contributed by atoms with Crippen molar-refractivity contribution in [1.29, 1.82) is 0 Å². The van der Waals surface area contributed by atoms with Gasteiger partial charge in [0.15, 0.2) is 0 Å². The van der Waals surface area contributed by atoms with E-state index in [4.69, 9.17) is 0 Å². The number of benzene rings is 1. The maximum atomic E-state index is 13.1. The molecule has 0 saturated carbocycles. The summed E-state index contributed by atoms with van der Waals surface area (Å²) in [4.78, 5) is 17.7. The third-order valence-electron chi connectivity index (χ3n) is 5.76. The Hall–Kier alpha value is -1.61. The molecule has 25 heavy (non-hydrogen) atoms. The van der Waals surface area contributed by atoms with E-state index < -0.39 is 0 Å². The number of nitrogens with zero attached hydrogens (tertiary/aromatic N) is 2. The number of hydrogen-bond donors (Lipinski definition) is 0. The second kappa shape index (κ2) is 9.19. The summed E-state index contributed by atoms with van der Waals surface area (Å²) in [5, 5.41) is 0. The number of rotatable bonds is 6. The van der Waals surface area contributed by atoms with Crippen LogP contribution in [0.5, 0.6) is 0 Å². The van der Waals surface area contributed by atoms with E-state index in [9.17, 15) is 4.79 Å². The molecule has 0 N–H and O–H groups in total. The first-order valence-electron chi connectivity index (χ1n) is 9.88. The number of likely N-dealkylation sites (tertiary alicyclic amines) is 1. The van der Waals surface area contributed by atoms with Crippen LogP contribution in [-0.2, 0) is 11.2 Å². The summed E-state index contributed by atoms with van der Waals surface area (Å²) in [6.07, 6.45) is 10.8. The quantitative estimate of drug-likeness (QED) is 0.736. The van der Waals surface area contributed by atoms with Gasteiger partial charge in [0.2, 0.25) is 5.91 Å². The fraction of sp³-hybridized carbons (Fsp3) is 0.591. The molecule has 1 atom stereocenters. The van der Waals surface area contributed by atoms with Gasteiger partial charge in [0.05, 0.1) is 0 Å². The smallest absolute Gasteiger partial charge is 0.226 e. The highest BCUT2D eigenvalue weighted by Gasteiger charge is 2.27. The first-order chi connectivity index (χ1) is 12.2.